The molecule has 0 aromatic heterocycles. The summed E-state index contributed by atoms with van der Waals surface area (Å²) in [6.07, 6.45) is 0.900. The fraction of sp³-hybridized carbons (Fsp3) is 0.286. The summed E-state index contributed by atoms with van der Waals surface area (Å²) in [4.78, 5) is 28.4. The molecule has 3 aromatic rings. The van der Waals surface area contributed by atoms with Gasteiger partial charge in [0, 0.05) is 38.4 Å². The molecule has 0 aliphatic carbocycles. The van der Waals surface area contributed by atoms with E-state index in [2.05, 4.69) is 10.2 Å². The summed E-state index contributed by atoms with van der Waals surface area (Å²) < 4.78 is 5.83. The highest BCUT2D eigenvalue weighted by atomic mass is 16.5. The third-order valence-electron chi connectivity index (χ3n) is 6.09. The first-order valence-corrected chi connectivity index (χ1v) is 11.9. The van der Waals surface area contributed by atoms with E-state index in [9.17, 15) is 9.59 Å². The van der Waals surface area contributed by atoms with Crippen LogP contribution in [-0.4, -0.2) is 59.0 Å². The van der Waals surface area contributed by atoms with Gasteiger partial charge in [0.1, 0.15) is 17.5 Å². The predicted molar refractivity (Wildman–Crippen MR) is 136 cm³/mol. The summed E-state index contributed by atoms with van der Waals surface area (Å²) in [6.45, 7) is 5.71. The van der Waals surface area contributed by atoms with Crippen molar-refractivity contribution in [2.24, 2.45) is 0 Å². The molecular weight excluding hydrogens is 442 g/mol. The van der Waals surface area contributed by atoms with Crippen LogP contribution in [-0.2, 0) is 11.3 Å². The number of para-hydroxylation sites is 1. The van der Waals surface area contributed by atoms with Crippen LogP contribution in [0.15, 0.2) is 78.9 Å². The number of hydrogen-bond donors (Lipinski definition) is 2. The quantitative estimate of drug-likeness (QED) is 0.493. The fourth-order valence-electron chi connectivity index (χ4n) is 4.19. The van der Waals surface area contributed by atoms with Crippen LogP contribution in [0.4, 0.5) is 5.69 Å². The lowest BCUT2D eigenvalue weighted by atomic mass is 10.1. The molecule has 1 heterocycles. The Hall–Kier alpha value is -3.84. The summed E-state index contributed by atoms with van der Waals surface area (Å²) in [5.41, 5.74) is 2.23. The maximum atomic E-state index is 13.1. The summed E-state index contributed by atoms with van der Waals surface area (Å²) in [5.74, 6) is 0.692. The molecule has 0 spiro atoms. The minimum atomic E-state index is -0.917. The molecule has 3 aromatic carbocycles. The number of carbonyl (C=O) groups excluding carboxylic acids is 1. The van der Waals surface area contributed by atoms with Crippen molar-refractivity contribution in [3.63, 3.8) is 0 Å². The zero-order valence-electron chi connectivity index (χ0n) is 19.9. The zero-order chi connectivity index (χ0) is 24.6. The van der Waals surface area contributed by atoms with Gasteiger partial charge in [0.15, 0.2) is 0 Å². The molecule has 1 aliphatic heterocycles. The van der Waals surface area contributed by atoms with Crippen molar-refractivity contribution in [3.8, 4) is 11.5 Å². The van der Waals surface area contributed by atoms with E-state index in [1.165, 1.54) is 0 Å². The smallest absolute Gasteiger partial charge is 0.335 e. The van der Waals surface area contributed by atoms with Crippen LogP contribution >= 0.6 is 0 Å². The number of hydrogen-bond acceptors (Lipinski definition) is 5. The topological polar surface area (TPSA) is 82.1 Å². The van der Waals surface area contributed by atoms with E-state index in [-0.39, 0.29) is 11.9 Å². The number of aromatic carboxylic acids is 1. The molecule has 0 saturated carbocycles. The van der Waals surface area contributed by atoms with Gasteiger partial charge in [-0.25, -0.2) is 4.79 Å². The third-order valence-corrected chi connectivity index (χ3v) is 6.09. The Morgan fingerprint density at radius 3 is 2.26 bits per heavy atom. The van der Waals surface area contributed by atoms with Crippen molar-refractivity contribution in [3.05, 3.63) is 90.0 Å². The summed E-state index contributed by atoms with van der Waals surface area (Å²) in [5, 5.41) is 12.4. The van der Waals surface area contributed by atoms with E-state index in [4.69, 9.17) is 9.84 Å². The fourth-order valence-corrected chi connectivity index (χ4v) is 4.19. The molecule has 4 rings (SSSR count). The number of amides is 1. The maximum absolute atomic E-state index is 13.1. The van der Waals surface area contributed by atoms with Crippen LogP contribution in [0.3, 0.4) is 0 Å². The van der Waals surface area contributed by atoms with Crippen molar-refractivity contribution >= 4 is 17.6 Å². The van der Waals surface area contributed by atoms with E-state index < -0.39 is 5.97 Å². The second-order valence-electron chi connectivity index (χ2n) is 8.76. The minimum Gasteiger partial charge on any atom is -0.478 e. The number of rotatable bonds is 8. The first-order valence-electron chi connectivity index (χ1n) is 11.9. The van der Waals surface area contributed by atoms with Crippen LogP contribution in [0.25, 0.3) is 0 Å². The van der Waals surface area contributed by atoms with Gasteiger partial charge in [0.05, 0.1) is 5.56 Å². The molecule has 1 aliphatic rings. The van der Waals surface area contributed by atoms with Gasteiger partial charge in [0.25, 0.3) is 0 Å². The van der Waals surface area contributed by atoms with E-state index in [1.807, 2.05) is 78.6 Å². The van der Waals surface area contributed by atoms with Gasteiger partial charge in [0.2, 0.25) is 5.91 Å². The first kappa shape index (κ1) is 24.3. The molecular formula is C28H31N3O4. The van der Waals surface area contributed by atoms with Crippen LogP contribution in [0.2, 0.25) is 0 Å². The van der Waals surface area contributed by atoms with E-state index in [0.717, 1.165) is 55.3 Å². The van der Waals surface area contributed by atoms with Gasteiger partial charge >= 0.3 is 5.97 Å². The number of carbonyl (C=O) groups is 2. The van der Waals surface area contributed by atoms with Gasteiger partial charge in [-0.05, 0) is 67.4 Å². The van der Waals surface area contributed by atoms with Crippen molar-refractivity contribution < 1.29 is 19.4 Å². The second-order valence-corrected chi connectivity index (χ2v) is 8.76. The zero-order valence-corrected chi connectivity index (χ0v) is 19.9. The highest BCUT2D eigenvalue weighted by Crippen LogP contribution is 2.23. The lowest BCUT2D eigenvalue weighted by Crippen LogP contribution is -2.43. The van der Waals surface area contributed by atoms with E-state index in [1.54, 1.807) is 12.1 Å². The average molecular weight is 474 g/mol. The number of benzene rings is 3. The van der Waals surface area contributed by atoms with Gasteiger partial charge in [-0.1, -0.05) is 30.3 Å². The Labute approximate surface area is 205 Å². The number of anilines is 1. The SMILES string of the molecule is CC(Nc1ccc(Oc2ccccc2)cc1)C(=O)N1CCCN(Cc2ccc(C(=O)O)cc2)CC1. The van der Waals surface area contributed by atoms with Crippen molar-refractivity contribution in [2.45, 2.75) is 25.9 Å². The van der Waals surface area contributed by atoms with Crippen LogP contribution in [0, 0.1) is 0 Å². The van der Waals surface area contributed by atoms with Crippen molar-refractivity contribution in [1.82, 2.24) is 9.80 Å². The van der Waals surface area contributed by atoms with Gasteiger partial charge in [-0.15, -0.1) is 0 Å². The van der Waals surface area contributed by atoms with Crippen molar-refractivity contribution in [2.75, 3.05) is 31.5 Å². The third kappa shape index (κ3) is 6.83. The predicted octanol–water partition coefficient (Wildman–Crippen LogP) is 4.71. The highest BCUT2D eigenvalue weighted by molar-refractivity contribution is 5.87. The van der Waals surface area contributed by atoms with Crippen molar-refractivity contribution in [1.29, 1.82) is 0 Å². The summed E-state index contributed by atoms with van der Waals surface area (Å²) in [7, 11) is 0. The monoisotopic (exact) mass is 473 g/mol. The molecule has 1 unspecified atom stereocenters. The highest BCUT2D eigenvalue weighted by Gasteiger charge is 2.23. The van der Waals surface area contributed by atoms with Crippen LogP contribution < -0.4 is 10.1 Å². The number of nitrogens with one attached hydrogen (secondary N) is 1. The molecule has 7 nitrogen and oxygen atoms in total. The van der Waals surface area contributed by atoms with E-state index in [0.29, 0.717) is 12.1 Å². The van der Waals surface area contributed by atoms with Gasteiger partial charge in [-0.2, -0.15) is 0 Å². The molecule has 1 saturated heterocycles. The summed E-state index contributed by atoms with van der Waals surface area (Å²) in [6, 6.07) is 23.9. The normalized spacial score (nSPS) is 15.2. The number of carboxylic acid groups (broad SMARTS) is 1. The molecule has 2 N–H and O–H groups in total. The Morgan fingerprint density at radius 1 is 0.886 bits per heavy atom. The molecule has 1 amide bonds. The maximum Gasteiger partial charge on any atom is 0.335 e. The average Bonchev–Trinajstić information content (AvgIpc) is 3.11. The Bertz CT molecular complexity index is 1120. The number of nitrogens with zero attached hydrogens (tertiary/aromatic N) is 2. The second kappa shape index (κ2) is 11.5. The standard InChI is InChI=1S/C28H31N3O4/c1-21(29-24-12-14-26(15-13-24)35-25-6-3-2-4-7-25)27(32)31-17-5-16-30(18-19-31)20-22-8-10-23(11-9-22)28(33)34/h2-4,6-15,21,29H,5,16-20H2,1H3,(H,33,34). The molecule has 1 atom stereocenters. The number of ether oxygens (including phenoxy) is 1. The molecule has 0 bridgehead atoms. The molecule has 35 heavy (non-hydrogen) atoms. The van der Waals surface area contributed by atoms with E-state index >= 15 is 0 Å². The lowest BCUT2D eigenvalue weighted by Gasteiger charge is -2.26. The summed E-state index contributed by atoms with van der Waals surface area (Å²) >= 11 is 0. The molecule has 0 radical (unpaired) electrons. The largest absolute Gasteiger partial charge is 0.478 e. The minimum absolute atomic E-state index is 0.0854. The number of carboxylic acids is 1. The first-order chi connectivity index (χ1) is 17.0. The lowest BCUT2D eigenvalue weighted by molar-refractivity contribution is -0.131. The van der Waals surface area contributed by atoms with Gasteiger partial charge in [-0.3, -0.25) is 9.69 Å². The molecule has 7 heteroatoms. The molecule has 182 valence electrons. The van der Waals surface area contributed by atoms with Gasteiger partial charge < -0.3 is 20.1 Å². The Kier molecular flexibility index (Phi) is 8.00. The van der Waals surface area contributed by atoms with Crippen LogP contribution in [0.1, 0.15) is 29.3 Å². The Morgan fingerprint density at radius 2 is 1.57 bits per heavy atom. The Balaban J connectivity index is 1.27. The molecule has 1 fully saturated rings. The van der Waals surface area contributed by atoms with Crippen LogP contribution in [0.5, 0.6) is 11.5 Å².